The molecule has 0 bridgehead atoms. The van der Waals surface area contributed by atoms with Crippen molar-refractivity contribution in [2.75, 3.05) is 6.61 Å². The summed E-state index contributed by atoms with van der Waals surface area (Å²) in [5.74, 6) is 0.0715. The van der Waals surface area contributed by atoms with E-state index in [0.29, 0.717) is 25.0 Å². The van der Waals surface area contributed by atoms with Crippen molar-refractivity contribution in [1.29, 1.82) is 5.41 Å². The van der Waals surface area contributed by atoms with Gasteiger partial charge in [0.1, 0.15) is 0 Å². The summed E-state index contributed by atoms with van der Waals surface area (Å²) in [5.41, 5.74) is 5.75. The van der Waals surface area contributed by atoms with Gasteiger partial charge in [-0.2, -0.15) is 0 Å². The second-order valence-electron chi connectivity index (χ2n) is 3.36. The molecule has 0 aliphatic carbocycles. The summed E-state index contributed by atoms with van der Waals surface area (Å²) < 4.78 is 18.6. The van der Waals surface area contributed by atoms with E-state index in [0.717, 1.165) is 0 Å². The Kier molecular flexibility index (Phi) is 4.09. The maximum Gasteiger partial charge on any atom is 0.167 e. The summed E-state index contributed by atoms with van der Waals surface area (Å²) in [7, 11) is 0. The Labute approximate surface area is 88.6 Å². The smallest absolute Gasteiger partial charge is 0.167 e. The SMILES string of the molecule is Cc1cccc(OCCCC(=N)N)c1F. The van der Waals surface area contributed by atoms with Crippen molar-refractivity contribution >= 4 is 5.84 Å². The molecular formula is C11H15FN2O. The van der Waals surface area contributed by atoms with Crippen molar-refractivity contribution in [1.82, 2.24) is 0 Å². The van der Waals surface area contributed by atoms with Crippen LogP contribution >= 0.6 is 0 Å². The van der Waals surface area contributed by atoms with Gasteiger partial charge in [0.15, 0.2) is 11.6 Å². The number of nitrogens with one attached hydrogen (secondary N) is 1. The molecule has 0 aliphatic heterocycles. The van der Waals surface area contributed by atoms with Crippen LogP contribution in [-0.4, -0.2) is 12.4 Å². The molecule has 1 aromatic carbocycles. The molecule has 0 amide bonds. The van der Waals surface area contributed by atoms with E-state index in [2.05, 4.69) is 0 Å². The summed E-state index contributed by atoms with van der Waals surface area (Å²) in [6.07, 6.45) is 1.11. The molecule has 1 rings (SSSR count). The molecule has 3 N–H and O–H groups in total. The molecule has 0 heterocycles. The second kappa shape index (κ2) is 5.34. The van der Waals surface area contributed by atoms with Crippen LogP contribution < -0.4 is 10.5 Å². The quantitative estimate of drug-likeness (QED) is 0.445. The highest BCUT2D eigenvalue weighted by atomic mass is 19.1. The minimum atomic E-state index is -0.319. The third-order valence-electron chi connectivity index (χ3n) is 2.00. The minimum Gasteiger partial charge on any atom is -0.490 e. The highest BCUT2D eigenvalue weighted by molar-refractivity contribution is 5.76. The van der Waals surface area contributed by atoms with Crippen LogP contribution in [-0.2, 0) is 0 Å². The molecule has 82 valence electrons. The van der Waals surface area contributed by atoms with Gasteiger partial charge in [0.05, 0.1) is 12.4 Å². The minimum absolute atomic E-state index is 0.128. The molecule has 0 radical (unpaired) electrons. The zero-order valence-corrected chi connectivity index (χ0v) is 8.72. The predicted molar refractivity (Wildman–Crippen MR) is 57.8 cm³/mol. The van der Waals surface area contributed by atoms with E-state index >= 15 is 0 Å². The average Bonchev–Trinajstić information content (AvgIpc) is 2.18. The van der Waals surface area contributed by atoms with Crippen molar-refractivity contribution in [2.45, 2.75) is 19.8 Å². The van der Waals surface area contributed by atoms with Crippen molar-refractivity contribution < 1.29 is 9.13 Å². The van der Waals surface area contributed by atoms with Crippen LogP contribution in [0.25, 0.3) is 0 Å². The van der Waals surface area contributed by atoms with E-state index in [1.165, 1.54) is 0 Å². The van der Waals surface area contributed by atoms with Gasteiger partial charge in [-0.15, -0.1) is 0 Å². The Bertz CT molecular complexity index is 352. The fraction of sp³-hybridized carbons (Fsp3) is 0.364. The number of nitrogens with two attached hydrogens (primary N) is 1. The van der Waals surface area contributed by atoms with E-state index in [1.807, 2.05) is 0 Å². The van der Waals surface area contributed by atoms with E-state index in [4.69, 9.17) is 15.9 Å². The topological polar surface area (TPSA) is 59.1 Å². The molecule has 0 aromatic heterocycles. The lowest BCUT2D eigenvalue weighted by atomic mass is 10.2. The molecule has 0 atom stereocenters. The van der Waals surface area contributed by atoms with Crippen molar-refractivity contribution in [3.05, 3.63) is 29.6 Å². The Morgan fingerprint density at radius 3 is 2.93 bits per heavy atom. The number of benzene rings is 1. The Morgan fingerprint density at radius 1 is 1.53 bits per heavy atom. The normalized spacial score (nSPS) is 10.0. The van der Waals surface area contributed by atoms with Gasteiger partial charge < -0.3 is 10.5 Å². The van der Waals surface area contributed by atoms with Crippen LogP contribution in [0.1, 0.15) is 18.4 Å². The van der Waals surface area contributed by atoms with Crippen LogP contribution in [0.4, 0.5) is 4.39 Å². The number of halogens is 1. The molecule has 0 aliphatic rings. The summed E-state index contributed by atoms with van der Waals surface area (Å²) in [6.45, 7) is 2.07. The fourth-order valence-corrected chi connectivity index (χ4v) is 1.18. The first-order valence-corrected chi connectivity index (χ1v) is 4.82. The summed E-state index contributed by atoms with van der Waals surface area (Å²) in [5, 5.41) is 7.00. The lowest BCUT2D eigenvalue weighted by molar-refractivity contribution is 0.297. The predicted octanol–water partition coefficient (Wildman–Crippen LogP) is 2.23. The number of aryl methyl sites for hydroxylation is 1. The maximum absolute atomic E-state index is 13.4. The lowest BCUT2D eigenvalue weighted by Gasteiger charge is -2.07. The first kappa shape index (κ1) is 11.5. The van der Waals surface area contributed by atoms with Crippen LogP contribution in [0.15, 0.2) is 18.2 Å². The molecule has 0 fully saturated rings. The monoisotopic (exact) mass is 210 g/mol. The van der Waals surface area contributed by atoms with Crippen molar-refractivity contribution in [3.63, 3.8) is 0 Å². The van der Waals surface area contributed by atoms with Crippen LogP contribution in [0.2, 0.25) is 0 Å². The van der Waals surface area contributed by atoms with Crippen molar-refractivity contribution in [3.8, 4) is 5.75 Å². The molecule has 0 spiro atoms. The fourth-order valence-electron chi connectivity index (χ4n) is 1.18. The van der Waals surface area contributed by atoms with Gasteiger partial charge >= 0.3 is 0 Å². The zero-order chi connectivity index (χ0) is 11.3. The van der Waals surface area contributed by atoms with Gasteiger partial charge in [-0.1, -0.05) is 12.1 Å². The highest BCUT2D eigenvalue weighted by Crippen LogP contribution is 2.19. The maximum atomic E-state index is 13.4. The zero-order valence-electron chi connectivity index (χ0n) is 8.72. The van der Waals surface area contributed by atoms with E-state index in [9.17, 15) is 4.39 Å². The van der Waals surface area contributed by atoms with Gasteiger partial charge in [-0.05, 0) is 25.0 Å². The summed E-state index contributed by atoms with van der Waals surface area (Å²) >= 11 is 0. The molecule has 0 saturated heterocycles. The Balaban J connectivity index is 2.44. The van der Waals surface area contributed by atoms with Gasteiger partial charge in [0.2, 0.25) is 0 Å². The third-order valence-corrected chi connectivity index (χ3v) is 2.00. The van der Waals surface area contributed by atoms with Gasteiger partial charge in [0.25, 0.3) is 0 Å². The number of rotatable bonds is 5. The first-order valence-electron chi connectivity index (χ1n) is 4.82. The van der Waals surface area contributed by atoms with Crippen LogP contribution in [0, 0.1) is 18.2 Å². The van der Waals surface area contributed by atoms with Crippen molar-refractivity contribution in [2.24, 2.45) is 5.73 Å². The number of ether oxygens (including phenoxy) is 1. The third kappa shape index (κ3) is 3.58. The average molecular weight is 210 g/mol. The number of hydrogen-bond acceptors (Lipinski definition) is 2. The summed E-state index contributed by atoms with van der Waals surface area (Å²) in [4.78, 5) is 0. The Morgan fingerprint density at radius 2 is 2.27 bits per heavy atom. The molecule has 15 heavy (non-hydrogen) atoms. The van der Waals surface area contributed by atoms with Crippen LogP contribution in [0.5, 0.6) is 5.75 Å². The van der Waals surface area contributed by atoms with Gasteiger partial charge in [-0.3, -0.25) is 5.41 Å². The number of hydrogen-bond donors (Lipinski definition) is 2. The van der Waals surface area contributed by atoms with E-state index in [1.54, 1.807) is 25.1 Å². The standard InChI is InChI=1S/C11H15FN2O/c1-8-4-2-5-9(11(8)12)15-7-3-6-10(13)14/h2,4-5H,3,6-7H2,1H3,(H3,13,14). The van der Waals surface area contributed by atoms with E-state index in [-0.39, 0.29) is 17.4 Å². The summed E-state index contributed by atoms with van der Waals surface area (Å²) in [6, 6.07) is 5.03. The largest absolute Gasteiger partial charge is 0.490 e. The molecule has 0 unspecified atom stereocenters. The molecule has 3 nitrogen and oxygen atoms in total. The van der Waals surface area contributed by atoms with Gasteiger partial charge in [-0.25, -0.2) is 4.39 Å². The lowest BCUT2D eigenvalue weighted by Crippen LogP contribution is -2.11. The Hall–Kier alpha value is -1.58. The molecule has 0 saturated carbocycles. The highest BCUT2D eigenvalue weighted by Gasteiger charge is 2.04. The number of amidine groups is 1. The molecule has 1 aromatic rings. The second-order valence-corrected chi connectivity index (χ2v) is 3.36. The van der Waals surface area contributed by atoms with E-state index < -0.39 is 0 Å². The first-order chi connectivity index (χ1) is 7.11. The van der Waals surface area contributed by atoms with Crippen LogP contribution in [0.3, 0.4) is 0 Å². The van der Waals surface area contributed by atoms with Gasteiger partial charge in [0, 0.05) is 6.42 Å². The molecular weight excluding hydrogens is 195 g/mol. The molecule has 4 heteroatoms.